The van der Waals surface area contributed by atoms with Crippen molar-refractivity contribution >= 4 is 5.97 Å². The normalized spacial score (nSPS) is 10.3. The number of carboxylic acid groups (broad SMARTS) is 1. The third kappa shape index (κ3) is 2.60. The number of benzene rings is 1. The fourth-order valence-corrected chi connectivity index (χ4v) is 1.52. The lowest BCUT2D eigenvalue weighted by Gasteiger charge is -2.03. The van der Waals surface area contributed by atoms with Crippen molar-refractivity contribution in [1.82, 2.24) is 9.97 Å². The van der Waals surface area contributed by atoms with Gasteiger partial charge in [0.15, 0.2) is 5.69 Å². The van der Waals surface area contributed by atoms with Gasteiger partial charge >= 0.3 is 5.97 Å². The predicted molar refractivity (Wildman–Crippen MR) is 61.0 cm³/mol. The smallest absolute Gasteiger partial charge is 0.354 e. The molecule has 0 spiro atoms. The van der Waals surface area contributed by atoms with E-state index in [2.05, 4.69) is 9.97 Å². The monoisotopic (exact) mass is 248 g/mol. The van der Waals surface area contributed by atoms with Gasteiger partial charge in [-0.2, -0.15) is 0 Å². The van der Waals surface area contributed by atoms with Crippen LogP contribution in [0.15, 0.2) is 35.1 Å². The lowest BCUT2D eigenvalue weighted by molar-refractivity contribution is 0.0689. The molecule has 2 N–H and O–H groups in total. The van der Waals surface area contributed by atoms with Crippen molar-refractivity contribution < 1.29 is 14.3 Å². The third-order valence-electron chi connectivity index (χ3n) is 2.33. The van der Waals surface area contributed by atoms with Crippen LogP contribution in [-0.2, 0) is 6.42 Å². The van der Waals surface area contributed by atoms with E-state index in [1.165, 1.54) is 6.07 Å². The molecule has 1 aromatic heterocycles. The Morgan fingerprint density at radius 1 is 1.39 bits per heavy atom. The maximum absolute atomic E-state index is 13.4. The van der Waals surface area contributed by atoms with E-state index in [0.29, 0.717) is 5.56 Å². The Bertz CT molecular complexity index is 652. The summed E-state index contributed by atoms with van der Waals surface area (Å²) in [6, 6.07) is 6.91. The van der Waals surface area contributed by atoms with Gasteiger partial charge in [-0.1, -0.05) is 18.2 Å². The van der Waals surface area contributed by atoms with Gasteiger partial charge in [0, 0.05) is 12.5 Å². The number of nitrogens with zero attached hydrogens (tertiary/aromatic N) is 1. The zero-order valence-corrected chi connectivity index (χ0v) is 9.18. The summed E-state index contributed by atoms with van der Waals surface area (Å²) in [6.45, 7) is 0. The van der Waals surface area contributed by atoms with Gasteiger partial charge in [-0.3, -0.25) is 4.79 Å². The molecule has 92 valence electrons. The van der Waals surface area contributed by atoms with Crippen LogP contribution in [-0.4, -0.2) is 21.0 Å². The van der Waals surface area contributed by atoms with Crippen LogP contribution in [0.3, 0.4) is 0 Å². The van der Waals surface area contributed by atoms with Crippen molar-refractivity contribution in [2.24, 2.45) is 0 Å². The topological polar surface area (TPSA) is 83.0 Å². The Kier molecular flexibility index (Phi) is 3.18. The molecule has 1 heterocycles. The fourth-order valence-electron chi connectivity index (χ4n) is 1.52. The first-order chi connectivity index (χ1) is 8.56. The Morgan fingerprint density at radius 2 is 2.11 bits per heavy atom. The summed E-state index contributed by atoms with van der Waals surface area (Å²) in [6.07, 6.45) is 0.0308. The number of halogens is 1. The highest BCUT2D eigenvalue weighted by molar-refractivity contribution is 5.85. The summed E-state index contributed by atoms with van der Waals surface area (Å²) in [4.78, 5) is 28.1. The fraction of sp³-hybridized carbons (Fsp3) is 0.0833. The average Bonchev–Trinajstić information content (AvgIpc) is 2.31. The van der Waals surface area contributed by atoms with Gasteiger partial charge in [-0.25, -0.2) is 14.2 Å². The van der Waals surface area contributed by atoms with Gasteiger partial charge in [0.2, 0.25) is 0 Å². The van der Waals surface area contributed by atoms with Crippen LogP contribution in [0.2, 0.25) is 0 Å². The van der Waals surface area contributed by atoms with Crippen molar-refractivity contribution in [3.05, 3.63) is 63.6 Å². The van der Waals surface area contributed by atoms with E-state index in [1.807, 2.05) is 0 Å². The van der Waals surface area contributed by atoms with Crippen molar-refractivity contribution in [1.29, 1.82) is 0 Å². The van der Waals surface area contributed by atoms with Crippen molar-refractivity contribution in [2.75, 3.05) is 0 Å². The second-order valence-electron chi connectivity index (χ2n) is 3.65. The second-order valence-corrected chi connectivity index (χ2v) is 3.65. The first-order valence-electron chi connectivity index (χ1n) is 5.13. The summed E-state index contributed by atoms with van der Waals surface area (Å²) in [7, 11) is 0. The van der Waals surface area contributed by atoms with Gasteiger partial charge < -0.3 is 10.1 Å². The van der Waals surface area contributed by atoms with Crippen LogP contribution in [0.1, 0.15) is 21.9 Å². The second kappa shape index (κ2) is 4.79. The number of rotatable bonds is 3. The van der Waals surface area contributed by atoms with Crippen LogP contribution in [0, 0.1) is 5.82 Å². The molecule has 0 aliphatic rings. The summed E-state index contributed by atoms with van der Waals surface area (Å²) in [5.74, 6) is -1.61. The Hall–Kier alpha value is -2.50. The third-order valence-corrected chi connectivity index (χ3v) is 2.33. The number of carboxylic acids is 1. The molecule has 18 heavy (non-hydrogen) atoms. The molecule has 2 rings (SSSR count). The minimum absolute atomic E-state index is 0.0308. The quantitative estimate of drug-likeness (QED) is 0.854. The number of hydrogen-bond acceptors (Lipinski definition) is 3. The largest absolute Gasteiger partial charge is 0.477 e. The van der Waals surface area contributed by atoms with Gasteiger partial charge in [0.1, 0.15) is 11.6 Å². The lowest BCUT2D eigenvalue weighted by atomic mass is 10.1. The Morgan fingerprint density at radius 3 is 2.78 bits per heavy atom. The molecule has 0 radical (unpaired) electrons. The van der Waals surface area contributed by atoms with Gasteiger partial charge in [-0.05, 0) is 11.6 Å². The number of nitrogens with one attached hydrogen (secondary N) is 1. The molecule has 0 aliphatic carbocycles. The summed E-state index contributed by atoms with van der Waals surface area (Å²) >= 11 is 0. The zero-order chi connectivity index (χ0) is 13.1. The Labute approximate surface area is 101 Å². The number of aromatic amines is 1. The molecular formula is C12H9FN2O3. The van der Waals surface area contributed by atoms with E-state index in [4.69, 9.17) is 5.11 Å². The molecule has 0 aliphatic heterocycles. The molecule has 0 saturated heterocycles. The van der Waals surface area contributed by atoms with E-state index < -0.39 is 17.3 Å². The van der Waals surface area contributed by atoms with Crippen molar-refractivity contribution in [3.8, 4) is 0 Å². The molecule has 6 heteroatoms. The summed E-state index contributed by atoms with van der Waals surface area (Å²) in [5, 5.41) is 8.77. The highest BCUT2D eigenvalue weighted by Gasteiger charge is 2.10. The van der Waals surface area contributed by atoms with Crippen LogP contribution < -0.4 is 5.56 Å². The highest BCUT2D eigenvalue weighted by Crippen LogP contribution is 2.09. The molecule has 0 bridgehead atoms. The van der Waals surface area contributed by atoms with E-state index in [9.17, 15) is 14.0 Å². The minimum atomic E-state index is -1.30. The summed E-state index contributed by atoms with van der Waals surface area (Å²) < 4.78 is 13.4. The first kappa shape index (κ1) is 12.0. The van der Waals surface area contributed by atoms with Crippen LogP contribution in [0.4, 0.5) is 4.39 Å². The molecule has 0 unspecified atom stereocenters. The molecule has 0 amide bonds. The zero-order valence-electron chi connectivity index (χ0n) is 9.18. The number of aromatic nitrogens is 2. The maximum atomic E-state index is 13.4. The van der Waals surface area contributed by atoms with E-state index in [-0.39, 0.29) is 17.9 Å². The number of carbonyl (C=O) groups is 1. The lowest BCUT2D eigenvalue weighted by Crippen LogP contribution is -2.16. The molecule has 5 nitrogen and oxygen atoms in total. The standard InChI is InChI=1S/C12H9FN2O3/c13-8-4-2-1-3-7(8)5-10-14-9(12(17)18)6-11(16)15-10/h1-4,6H,5H2,(H,17,18)(H,14,15,16). The van der Waals surface area contributed by atoms with Crippen molar-refractivity contribution in [3.63, 3.8) is 0 Å². The van der Waals surface area contributed by atoms with E-state index in [0.717, 1.165) is 6.07 Å². The molecule has 2 aromatic rings. The minimum Gasteiger partial charge on any atom is -0.477 e. The first-order valence-corrected chi connectivity index (χ1v) is 5.13. The highest BCUT2D eigenvalue weighted by atomic mass is 19.1. The average molecular weight is 248 g/mol. The maximum Gasteiger partial charge on any atom is 0.354 e. The molecule has 1 aromatic carbocycles. The van der Waals surface area contributed by atoms with Gasteiger partial charge in [0.05, 0.1) is 0 Å². The summed E-state index contributed by atoms with van der Waals surface area (Å²) in [5.41, 5.74) is -0.595. The molecule has 0 fully saturated rings. The molecular weight excluding hydrogens is 239 g/mol. The van der Waals surface area contributed by atoms with Crippen molar-refractivity contribution in [2.45, 2.75) is 6.42 Å². The SMILES string of the molecule is O=C(O)c1cc(=O)[nH]c(Cc2ccccc2F)n1. The van der Waals surface area contributed by atoms with Gasteiger partial charge in [-0.15, -0.1) is 0 Å². The van der Waals surface area contributed by atoms with Gasteiger partial charge in [0.25, 0.3) is 5.56 Å². The molecule has 0 atom stereocenters. The predicted octanol–water partition coefficient (Wildman–Crippen LogP) is 1.20. The number of hydrogen-bond donors (Lipinski definition) is 2. The van der Waals surface area contributed by atoms with Crippen LogP contribution in [0.25, 0.3) is 0 Å². The number of aromatic carboxylic acids is 1. The van der Waals surface area contributed by atoms with E-state index in [1.54, 1.807) is 18.2 Å². The molecule has 0 saturated carbocycles. The van der Waals surface area contributed by atoms with E-state index >= 15 is 0 Å². The van der Waals surface area contributed by atoms with Crippen LogP contribution in [0.5, 0.6) is 0 Å². The number of H-pyrrole nitrogens is 1. The Balaban J connectivity index is 2.38. The van der Waals surface area contributed by atoms with Crippen LogP contribution >= 0.6 is 0 Å².